The SMILES string of the molecule is BrCCBr.C.CCOC(CCC(=O)O)C(=O)O.COC(=O)CCC(O)C(=O)OC.COC(=O)CCC(OCCBr)C(=O)OC. The zero-order valence-electron chi connectivity index (χ0n) is 24.9. The second-order valence-corrected chi connectivity index (χ2v) is 9.81. The first-order chi connectivity index (χ1) is 20.3. The lowest BCUT2D eigenvalue weighted by Gasteiger charge is -2.13. The predicted molar refractivity (Wildman–Crippen MR) is 170 cm³/mol. The third-order valence-electron chi connectivity index (χ3n) is 4.36. The van der Waals surface area contributed by atoms with E-state index in [9.17, 15) is 28.8 Å². The van der Waals surface area contributed by atoms with Gasteiger partial charge in [0.05, 0.1) is 35.0 Å². The normalized spacial score (nSPS) is 11.4. The van der Waals surface area contributed by atoms with E-state index in [1.54, 1.807) is 6.92 Å². The summed E-state index contributed by atoms with van der Waals surface area (Å²) in [6.07, 6.45) is -2.67. The van der Waals surface area contributed by atoms with E-state index in [0.717, 1.165) is 10.7 Å². The predicted octanol–water partition coefficient (Wildman–Crippen LogP) is 3.12. The van der Waals surface area contributed by atoms with Crippen LogP contribution in [-0.2, 0) is 57.2 Å². The van der Waals surface area contributed by atoms with Crippen molar-refractivity contribution in [2.75, 3.05) is 57.6 Å². The van der Waals surface area contributed by atoms with Crippen molar-refractivity contribution in [3.05, 3.63) is 0 Å². The molecule has 0 bridgehead atoms. The number of ether oxygens (including phenoxy) is 6. The maximum absolute atomic E-state index is 11.2. The third-order valence-corrected chi connectivity index (χ3v) is 6.54. The fourth-order valence-corrected chi connectivity index (χ4v) is 2.47. The van der Waals surface area contributed by atoms with Crippen LogP contribution in [-0.4, -0.2) is 127 Å². The van der Waals surface area contributed by atoms with Crippen molar-refractivity contribution in [2.24, 2.45) is 0 Å². The van der Waals surface area contributed by atoms with Crippen molar-refractivity contribution in [1.82, 2.24) is 0 Å². The number of aliphatic carboxylic acids is 2. The van der Waals surface area contributed by atoms with Crippen molar-refractivity contribution < 1.29 is 72.5 Å². The Morgan fingerprint density at radius 1 is 0.636 bits per heavy atom. The van der Waals surface area contributed by atoms with Crippen LogP contribution in [0, 0.1) is 0 Å². The fourth-order valence-electron chi connectivity index (χ4n) is 2.28. The first-order valence-electron chi connectivity index (χ1n) is 12.6. The molecular formula is C26H47Br3O15. The topological polar surface area (TPSA) is 218 Å². The van der Waals surface area contributed by atoms with Crippen molar-refractivity contribution in [2.45, 2.75) is 71.2 Å². The zero-order chi connectivity index (χ0) is 34.2. The summed E-state index contributed by atoms with van der Waals surface area (Å²) in [5.41, 5.74) is 0. The monoisotopic (exact) mass is 836 g/mol. The second-order valence-electron chi connectivity index (χ2n) is 7.43. The van der Waals surface area contributed by atoms with E-state index in [-0.39, 0.29) is 58.5 Å². The van der Waals surface area contributed by atoms with Gasteiger partial charge in [-0.25, -0.2) is 14.4 Å². The number of aliphatic hydroxyl groups is 1. The van der Waals surface area contributed by atoms with Gasteiger partial charge in [0.1, 0.15) is 0 Å². The summed E-state index contributed by atoms with van der Waals surface area (Å²) in [6.45, 7) is 2.33. The number of hydrogen-bond acceptors (Lipinski definition) is 13. The van der Waals surface area contributed by atoms with Crippen molar-refractivity contribution >= 4 is 83.6 Å². The molecule has 0 spiro atoms. The van der Waals surface area contributed by atoms with E-state index in [1.807, 2.05) is 0 Å². The molecule has 0 radical (unpaired) electrons. The summed E-state index contributed by atoms with van der Waals surface area (Å²) in [4.78, 5) is 63.7. The maximum Gasteiger partial charge on any atom is 0.334 e. The van der Waals surface area contributed by atoms with Gasteiger partial charge in [-0.3, -0.25) is 14.4 Å². The highest BCUT2D eigenvalue weighted by molar-refractivity contribution is 9.12. The minimum atomic E-state index is -1.24. The largest absolute Gasteiger partial charge is 0.481 e. The summed E-state index contributed by atoms with van der Waals surface area (Å²) in [7, 11) is 5.00. The number of carbonyl (C=O) groups excluding carboxylic acids is 4. The molecule has 3 atom stereocenters. The first-order valence-corrected chi connectivity index (χ1v) is 16.0. The second kappa shape index (κ2) is 37.3. The quantitative estimate of drug-likeness (QED) is 0.103. The number of methoxy groups -OCH3 is 4. The van der Waals surface area contributed by atoms with E-state index in [0.29, 0.717) is 11.9 Å². The molecule has 0 fully saturated rings. The number of alkyl halides is 3. The van der Waals surface area contributed by atoms with Gasteiger partial charge in [0, 0.05) is 41.9 Å². The van der Waals surface area contributed by atoms with Crippen molar-refractivity contribution in [1.29, 1.82) is 0 Å². The van der Waals surface area contributed by atoms with Gasteiger partial charge in [0.15, 0.2) is 18.3 Å². The Bertz CT molecular complexity index is 767. The van der Waals surface area contributed by atoms with Crippen LogP contribution < -0.4 is 0 Å². The van der Waals surface area contributed by atoms with Crippen LogP contribution in [0.4, 0.5) is 0 Å². The van der Waals surface area contributed by atoms with Crippen LogP contribution in [0.3, 0.4) is 0 Å². The number of hydrogen-bond donors (Lipinski definition) is 3. The molecule has 0 aliphatic carbocycles. The van der Waals surface area contributed by atoms with Crippen molar-refractivity contribution in [3.63, 3.8) is 0 Å². The molecule has 18 heteroatoms. The van der Waals surface area contributed by atoms with E-state index in [1.165, 1.54) is 28.4 Å². The summed E-state index contributed by atoms with van der Waals surface area (Å²) >= 11 is 9.58. The third kappa shape index (κ3) is 36.3. The number of carboxylic acids is 2. The van der Waals surface area contributed by atoms with Gasteiger partial charge in [-0.05, 0) is 26.2 Å². The molecule has 0 aromatic rings. The smallest absolute Gasteiger partial charge is 0.334 e. The molecular weight excluding hydrogens is 792 g/mol. The Morgan fingerprint density at radius 3 is 1.43 bits per heavy atom. The summed E-state index contributed by atoms with van der Waals surface area (Å²) in [5, 5.41) is 28.5. The van der Waals surface area contributed by atoms with Gasteiger partial charge in [-0.2, -0.15) is 0 Å². The number of halogens is 3. The van der Waals surface area contributed by atoms with Gasteiger partial charge in [-0.15, -0.1) is 0 Å². The van der Waals surface area contributed by atoms with Crippen LogP contribution in [0.5, 0.6) is 0 Å². The van der Waals surface area contributed by atoms with Crippen LogP contribution in [0.25, 0.3) is 0 Å². The molecule has 0 aliphatic rings. The van der Waals surface area contributed by atoms with Crippen LogP contribution in [0.2, 0.25) is 0 Å². The Labute approximate surface area is 284 Å². The lowest BCUT2D eigenvalue weighted by Crippen LogP contribution is -2.27. The lowest BCUT2D eigenvalue weighted by molar-refractivity contribution is -0.155. The van der Waals surface area contributed by atoms with Crippen LogP contribution in [0.1, 0.15) is 52.9 Å². The molecule has 0 aliphatic heterocycles. The Morgan fingerprint density at radius 2 is 1.09 bits per heavy atom. The molecule has 44 heavy (non-hydrogen) atoms. The minimum Gasteiger partial charge on any atom is -0.481 e. The van der Waals surface area contributed by atoms with Crippen LogP contribution in [0.15, 0.2) is 0 Å². The molecule has 3 unspecified atom stereocenters. The highest BCUT2D eigenvalue weighted by Crippen LogP contribution is 2.06. The zero-order valence-corrected chi connectivity index (χ0v) is 29.6. The maximum atomic E-state index is 11.2. The summed E-state index contributed by atoms with van der Waals surface area (Å²) < 4.78 is 27.6. The lowest BCUT2D eigenvalue weighted by atomic mass is 10.2. The minimum absolute atomic E-state index is 0. The standard InChI is InChI=1S/C9H15BrO5.2C7H12O5.C2H4Br2.CH4/c1-13-8(11)4-3-7(9(12)14-2)15-6-5-10;1-11-6(9)4-3-5(8)7(10)12-2;1-2-12-5(7(10)11)3-4-6(8)9;3-1-2-4;/h7H,3-6H2,1-2H3;5,8H,3-4H2,1-2H3;5H,2-4H2,1H3,(H,8,9)(H,10,11);1-2H2;1H4. The number of esters is 4. The summed E-state index contributed by atoms with van der Waals surface area (Å²) in [6, 6.07) is 0. The van der Waals surface area contributed by atoms with Crippen molar-refractivity contribution in [3.8, 4) is 0 Å². The first kappa shape index (κ1) is 51.7. The number of aliphatic hydroxyl groups excluding tert-OH is 1. The van der Waals surface area contributed by atoms with E-state index >= 15 is 0 Å². The highest BCUT2D eigenvalue weighted by atomic mass is 79.9. The van der Waals surface area contributed by atoms with Gasteiger partial charge in [0.25, 0.3) is 0 Å². The Balaban J connectivity index is -0.000000162. The molecule has 262 valence electrons. The molecule has 3 N–H and O–H groups in total. The molecule has 0 saturated heterocycles. The van der Waals surface area contributed by atoms with E-state index < -0.39 is 48.2 Å². The summed E-state index contributed by atoms with van der Waals surface area (Å²) in [5.74, 6) is -4.16. The number of rotatable bonds is 18. The average Bonchev–Trinajstić information content (AvgIpc) is 3.00. The Kier molecular flexibility index (Phi) is 43.9. The molecule has 0 saturated carbocycles. The molecule has 0 amide bonds. The van der Waals surface area contributed by atoms with Gasteiger partial charge >= 0.3 is 35.8 Å². The average molecular weight is 839 g/mol. The molecule has 0 aromatic carbocycles. The molecule has 0 heterocycles. The van der Waals surface area contributed by atoms with Gasteiger partial charge in [0.2, 0.25) is 0 Å². The Hall–Kier alpha value is -1.86. The number of carboxylic acid groups (broad SMARTS) is 2. The van der Waals surface area contributed by atoms with E-state index in [4.69, 9.17) is 24.8 Å². The van der Waals surface area contributed by atoms with E-state index in [2.05, 4.69) is 66.7 Å². The molecule has 0 aromatic heterocycles. The van der Waals surface area contributed by atoms with Gasteiger partial charge < -0.3 is 43.7 Å². The molecule has 15 nitrogen and oxygen atoms in total. The number of carbonyl (C=O) groups is 6. The molecule has 0 rings (SSSR count). The van der Waals surface area contributed by atoms with Gasteiger partial charge in [-0.1, -0.05) is 55.2 Å². The highest BCUT2D eigenvalue weighted by Gasteiger charge is 2.21. The van der Waals surface area contributed by atoms with Crippen LogP contribution >= 0.6 is 47.8 Å². The fraction of sp³-hybridized carbons (Fsp3) is 0.769.